The number of hydrogen-bond acceptors (Lipinski definition) is 7. The van der Waals surface area contributed by atoms with Gasteiger partial charge in [0.25, 0.3) is 5.69 Å². The topological polar surface area (TPSA) is 128 Å². The number of hydrazine groups is 1. The molecule has 0 saturated heterocycles. The smallest absolute Gasteiger partial charge is 0.433 e. The first-order valence-electron chi connectivity index (χ1n) is 7.15. The quantitative estimate of drug-likeness (QED) is 0.626. The lowest BCUT2D eigenvalue weighted by Gasteiger charge is -2.23. The van der Waals surface area contributed by atoms with E-state index in [-0.39, 0.29) is 12.3 Å². The highest BCUT2D eigenvalue weighted by Crippen LogP contribution is 2.30. The van der Waals surface area contributed by atoms with Gasteiger partial charge in [0.1, 0.15) is 5.69 Å². The van der Waals surface area contributed by atoms with E-state index in [0.717, 1.165) is 23.2 Å². The molecular weight excluding hydrogens is 332 g/mol. The Morgan fingerprint density at radius 3 is 2.36 bits per heavy atom. The van der Waals surface area contributed by atoms with E-state index in [1.807, 2.05) is 0 Å². The lowest BCUT2D eigenvalue weighted by Crippen LogP contribution is -2.37. The van der Waals surface area contributed by atoms with E-state index >= 15 is 0 Å². The van der Waals surface area contributed by atoms with E-state index in [0.29, 0.717) is 5.69 Å². The van der Waals surface area contributed by atoms with Gasteiger partial charge < -0.3 is 4.74 Å². The number of para-hydroxylation sites is 1. The number of hydrogen-bond donors (Lipinski definition) is 1. The number of rotatable bonds is 6. The molecule has 0 saturated carbocycles. The van der Waals surface area contributed by atoms with Crippen molar-refractivity contribution in [1.82, 2.24) is 0 Å². The molecule has 0 fully saturated rings. The van der Waals surface area contributed by atoms with Gasteiger partial charge in [0.05, 0.1) is 28.2 Å². The molecule has 25 heavy (non-hydrogen) atoms. The third-order valence-corrected chi connectivity index (χ3v) is 3.09. The third kappa shape index (κ3) is 4.19. The normalized spacial score (nSPS) is 9.96. The summed E-state index contributed by atoms with van der Waals surface area (Å²) >= 11 is 0. The second kappa shape index (κ2) is 7.73. The first-order chi connectivity index (χ1) is 11.9. The number of nitro groups is 2. The molecule has 0 aliphatic carbocycles. The van der Waals surface area contributed by atoms with E-state index in [9.17, 15) is 25.0 Å². The van der Waals surface area contributed by atoms with Crippen molar-refractivity contribution in [1.29, 1.82) is 0 Å². The second-order valence-electron chi connectivity index (χ2n) is 4.70. The Kier molecular flexibility index (Phi) is 5.46. The minimum absolute atomic E-state index is 0.0903. The van der Waals surface area contributed by atoms with Crippen LogP contribution in [0.15, 0.2) is 48.5 Å². The van der Waals surface area contributed by atoms with Crippen LogP contribution >= 0.6 is 0 Å². The largest absolute Gasteiger partial charge is 0.448 e. The van der Waals surface area contributed by atoms with Gasteiger partial charge in [-0.25, -0.2) is 4.79 Å². The van der Waals surface area contributed by atoms with Gasteiger partial charge in [-0.2, -0.15) is 5.01 Å². The van der Waals surface area contributed by atoms with Crippen LogP contribution in [0.25, 0.3) is 0 Å². The predicted octanol–water partition coefficient (Wildman–Crippen LogP) is 3.49. The molecule has 0 bridgehead atoms. The molecular formula is C15H14N4O6. The maximum Gasteiger partial charge on any atom is 0.433 e. The van der Waals surface area contributed by atoms with Crippen molar-refractivity contribution in [2.45, 2.75) is 6.92 Å². The Balaban J connectivity index is 2.43. The Morgan fingerprint density at radius 1 is 1.12 bits per heavy atom. The van der Waals surface area contributed by atoms with Gasteiger partial charge in [0.2, 0.25) is 0 Å². The van der Waals surface area contributed by atoms with Crippen LogP contribution in [0.5, 0.6) is 0 Å². The van der Waals surface area contributed by atoms with Gasteiger partial charge in [0.15, 0.2) is 0 Å². The van der Waals surface area contributed by atoms with Gasteiger partial charge in [-0.3, -0.25) is 25.7 Å². The predicted molar refractivity (Wildman–Crippen MR) is 89.3 cm³/mol. The number of nitro benzene ring substituents is 2. The van der Waals surface area contributed by atoms with Crippen molar-refractivity contribution in [3.05, 3.63) is 68.8 Å². The summed E-state index contributed by atoms with van der Waals surface area (Å²) in [5, 5.41) is 23.0. The average molecular weight is 346 g/mol. The van der Waals surface area contributed by atoms with Crippen LogP contribution in [-0.2, 0) is 4.74 Å². The molecule has 10 nitrogen and oxygen atoms in total. The second-order valence-corrected chi connectivity index (χ2v) is 4.70. The van der Waals surface area contributed by atoms with Crippen LogP contribution in [0.2, 0.25) is 0 Å². The van der Waals surface area contributed by atoms with Crippen molar-refractivity contribution >= 4 is 28.8 Å². The first-order valence-corrected chi connectivity index (χ1v) is 7.15. The molecule has 2 rings (SSSR count). The molecule has 0 aliphatic heterocycles. The van der Waals surface area contributed by atoms with Gasteiger partial charge in [0, 0.05) is 6.07 Å². The van der Waals surface area contributed by atoms with Crippen LogP contribution < -0.4 is 10.4 Å². The molecule has 10 heteroatoms. The molecule has 1 amide bonds. The van der Waals surface area contributed by atoms with Crippen LogP contribution in [-0.4, -0.2) is 22.5 Å². The Morgan fingerprint density at radius 2 is 1.80 bits per heavy atom. The zero-order valence-electron chi connectivity index (χ0n) is 13.1. The monoisotopic (exact) mass is 346 g/mol. The van der Waals surface area contributed by atoms with Crippen LogP contribution in [0, 0.1) is 20.2 Å². The third-order valence-electron chi connectivity index (χ3n) is 3.09. The molecule has 0 heterocycles. The summed E-state index contributed by atoms with van der Waals surface area (Å²) in [5.41, 5.74) is 1.91. The number of carbonyl (C=O) groups is 1. The van der Waals surface area contributed by atoms with Crippen molar-refractivity contribution in [3.63, 3.8) is 0 Å². The lowest BCUT2D eigenvalue weighted by atomic mass is 10.2. The molecule has 0 radical (unpaired) electrons. The summed E-state index contributed by atoms with van der Waals surface area (Å²) in [6.45, 7) is 1.72. The zero-order valence-corrected chi connectivity index (χ0v) is 13.1. The molecule has 1 N–H and O–H groups in total. The molecule has 0 atom stereocenters. The van der Waals surface area contributed by atoms with Crippen molar-refractivity contribution in [3.8, 4) is 0 Å². The van der Waals surface area contributed by atoms with Gasteiger partial charge in [-0.15, -0.1) is 0 Å². The summed E-state index contributed by atoms with van der Waals surface area (Å²) < 4.78 is 4.94. The van der Waals surface area contributed by atoms with Gasteiger partial charge in [-0.1, -0.05) is 18.2 Å². The van der Waals surface area contributed by atoms with E-state index in [2.05, 4.69) is 5.43 Å². The highest BCUT2D eigenvalue weighted by Gasteiger charge is 2.24. The van der Waals surface area contributed by atoms with E-state index in [1.54, 1.807) is 37.3 Å². The molecule has 2 aromatic rings. The van der Waals surface area contributed by atoms with E-state index < -0.39 is 27.3 Å². The number of anilines is 2. The van der Waals surface area contributed by atoms with Crippen molar-refractivity contribution in [2.24, 2.45) is 0 Å². The standard InChI is InChI=1S/C15H14N4O6/c1-2-25-15(20)17(11-6-4-3-5-7-11)16-13-9-8-12(18(21)22)10-14(13)19(23)24/h3-10,16H,2H2,1H3. The number of nitrogens with one attached hydrogen (secondary N) is 1. The summed E-state index contributed by atoms with van der Waals surface area (Å²) in [6.07, 6.45) is -0.777. The number of benzene rings is 2. The fraction of sp³-hybridized carbons (Fsp3) is 0.133. The Labute approximate surface area is 141 Å². The number of carbonyl (C=O) groups excluding carboxylic acids is 1. The molecule has 0 aliphatic rings. The highest BCUT2D eigenvalue weighted by molar-refractivity contribution is 5.90. The molecule has 0 spiro atoms. The van der Waals surface area contributed by atoms with Crippen molar-refractivity contribution < 1.29 is 19.4 Å². The minimum Gasteiger partial charge on any atom is -0.448 e. The Bertz CT molecular complexity index is 796. The summed E-state index contributed by atoms with van der Waals surface area (Å²) in [7, 11) is 0. The van der Waals surface area contributed by atoms with Crippen LogP contribution in [0.4, 0.5) is 27.5 Å². The van der Waals surface area contributed by atoms with E-state index in [1.165, 1.54) is 0 Å². The summed E-state index contributed by atoms with van der Waals surface area (Å²) in [5.74, 6) is 0. The summed E-state index contributed by atoms with van der Waals surface area (Å²) in [4.78, 5) is 32.7. The fourth-order valence-corrected chi connectivity index (χ4v) is 1.98. The molecule has 2 aromatic carbocycles. The van der Waals surface area contributed by atoms with Gasteiger partial charge >= 0.3 is 11.8 Å². The number of amides is 1. The maximum absolute atomic E-state index is 12.2. The molecule has 130 valence electrons. The highest BCUT2D eigenvalue weighted by atomic mass is 16.6. The van der Waals surface area contributed by atoms with Crippen LogP contribution in [0.1, 0.15) is 6.92 Å². The summed E-state index contributed by atoms with van der Waals surface area (Å²) in [6, 6.07) is 11.4. The van der Waals surface area contributed by atoms with E-state index in [4.69, 9.17) is 4.74 Å². The van der Waals surface area contributed by atoms with Crippen LogP contribution in [0.3, 0.4) is 0 Å². The number of nitrogens with zero attached hydrogens (tertiary/aromatic N) is 3. The first kappa shape index (κ1) is 17.7. The number of ether oxygens (including phenoxy) is 1. The number of non-ortho nitro benzene ring substituents is 1. The maximum atomic E-state index is 12.2. The van der Waals surface area contributed by atoms with Gasteiger partial charge in [-0.05, 0) is 25.1 Å². The molecule has 0 unspecified atom stereocenters. The average Bonchev–Trinajstić information content (AvgIpc) is 2.60. The molecule has 0 aromatic heterocycles. The Hall–Kier alpha value is -3.69. The van der Waals surface area contributed by atoms with Crippen molar-refractivity contribution in [2.75, 3.05) is 17.0 Å². The zero-order chi connectivity index (χ0) is 18.4. The SMILES string of the molecule is CCOC(=O)N(Nc1ccc([N+](=O)[O-])cc1[N+](=O)[O-])c1ccccc1. The fourth-order valence-electron chi connectivity index (χ4n) is 1.98. The minimum atomic E-state index is -0.777. The lowest BCUT2D eigenvalue weighted by molar-refractivity contribution is -0.393.